The third kappa shape index (κ3) is 2.72. The quantitative estimate of drug-likeness (QED) is 0.826. The molecule has 0 fully saturated rings. The van der Waals surface area contributed by atoms with Crippen LogP contribution in [-0.4, -0.2) is 33.6 Å². The smallest absolute Gasteiger partial charge is 0.423 e. The van der Waals surface area contributed by atoms with Crippen LogP contribution >= 0.6 is 0 Å². The summed E-state index contributed by atoms with van der Waals surface area (Å²) in [5, 5.41) is 25.0. The summed E-state index contributed by atoms with van der Waals surface area (Å²) in [7, 11) is -1.13. The van der Waals surface area contributed by atoms with E-state index in [9.17, 15) is 10.1 Å². The van der Waals surface area contributed by atoms with Crippen molar-refractivity contribution in [2.24, 2.45) is 0 Å². The summed E-state index contributed by atoms with van der Waals surface area (Å²) in [4.78, 5) is 0. The Morgan fingerprint density at radius 1 is 1.25 bits per heavy atom. The summed E-state index contributed by atoms with van der Waals surface area (Å²) in [6.45, 7) is 8.60. The predicted molar refractivity (Wildman–Crippen MR) is 77.8 cm³/mol. The Morgan fingerprint density at radius 2 is 1.90 bits per heavy atom. The first-order valence-electron chi connectivity index (χ1n) is 6.56. The minimum atomic E-state index is -1.13. The maximum atomic E-state index is 10.2. The minimum Gasteiger partial charge on any atom is -0.423 e. The van der Waals surface area contributed by atoms with Gasteiger partial charge in [0.2, 0.25) is 0 Å². The molecular formula is C14H20BNO4. The second-order valence-corrected chi connectivity index (χ2v) is 6.06. The third-order valence-electron chi connectivity index (χ3n) is 3.84. The molecule has 0 spiro atoms. The fraction of sp³-hybridized carbons (Fsp3) is 0.500. The van der Waals surface area contributed by atoms with E-state index in [1.807, 2.05) is 6.92 Å². The number of benzene rings is 1. The SMILES string of the molecule is Cc1noc2ccc(B(O)OC(C)(C)C(C)(C)O)cc12. The van der Waals surface area contributed by atoms with Crippen LogP contribution in [0.4, 0.5) is 0 Å². The van der Waals surface area contributed by atoms with Gasteiger partial charge in [-0.25, -0.2) is 0 Å². The topological polar surface area (TPSA) is 75.7 Å². The minimum absolute atomic E-state index is 0.598. The monoisotopic (exact) mass is 277 g/mol. The molecule has 0 aliphatic heterocycles. The zero-order valence-electron chi connectivity index (χ0n) is 12.5. The van der Waals surface area contributed by atoms with Gasteiger partial charge < -0.3 is 19.3 Å². The lowest BCUT2D eigenvalue weighted by molar-refractivity contribution is -0.0982. The number of fused-ring (bicyclic) bond motifs is 1. The highest BCUT2D eigenvalue weighted by molar-refractivity contribution is 6.60. The molecule has 5 nitrogen and oxygen atoms in total. The van der Waals surface area contributed by atoms with Crippen LogP contribution in [-0.2, 0) is 4.65 Å². The molecule has 0 unspecified atom stereocenters. The zero-order valence-corrected chi connectivity index (χ0v) is 12.5. The molecule has 0 atom stereocenters. The number of aryl methyl sites for hydroxylation is 1. The number of hydrogen-bond donors (Lipinski definition) is 2. The van der Waals surface area contributed by atoms with Gasteiger partial charge in [0, 0.05) is 5.39 Å². The third-order valence-corrected chi connectivity index (χ3v) is 3.84. The van der Waals surface area contributed by atoms with Crippen LogP contribution in [0.25, 0.3) is 11.0 Å². The molecule has 0 saturated heterocycles. The van der Waals surface area contributed by atoms with Crippen LogP contribution < -0.4 is 5.46 Å². The van der Waals surface area contributed by atoms with Gasteiger partial charge in [-0.05, 0) is 52.2 Å². The molecule has 6 heteroatoms. The Balaban J connectivity index is 2.27. The molecule has 0 aliphatic rings. The van der Waals surface area contributed by atoms with E-state index in [0.717, 1.165) is 11.1 Å². The summed E-state index contributed by atoms with van der Waals surface area (Å²) in [5.41, 5.74) is 0.0492. The largest absolute Gasteiger partial charge is 0.491 e. The molecule has 20 heavy (non-hydrogen) atoms. The first-order valence-corrected chi connectivity index (χ1v) is 6.56. The fourth-order valence-corrected chi connectivity index (χ4v) is 1.72. The van der Waals surface area contributed by atoms with E-state index in [1.54, 1.807) is 45.9 Å². The van der Waals surface area contributed by atoms with Crippen molar-refractivity contribution >= 4 is 23.6 Å². The number of nitrogens with zero attached hydrogens (tertiary/aromatic N) is 1. The second kappa shape index (κ2) is 4.88. The molecule has 2 aromatic rings. The van der Waals surface area contributed by atoms with Gasteiger partial charge in [0.1, 0.15) is 0 Å². The first kappa shape index (κ1) is 15.0. The van der Waals surface area contributed by atoms with Crippen LogP contribution in [0.15, 0.2) is 22.7 Å². The van der Waals surface area contributed by atoms with Gasteiger partial charge >= 0.3 is 7.12 Å². The van der Waals surface area contributed by atoms with E-state index in [2.05, 4.69) is 5.16 Å². The molecular weight excluding hydrogens is 257 g/mol. The summed E-state index contributed by atoms with van der Waals surface area (Å²) in [5.74, 6) is 0. The van der Waals surface area contributed by atoms with Crippen LogP contribution in [0.1, 0.15) is 33.4 Å². The Hall–Kier alpha value is -1.37. The molecule has 0 radical (unpaired) electrons. The van der Waals surface area contributed by atoms with Crippen molar-refractivity contribution in [3.63, 3.8) is 0 Å². The molecule has 0 aliphatic carbocycles. The average molecular weight is 277 g/mol. The second-order valence-electron chi connectivity index (χ2n) is 6.06. The van der Waals surface area contributed by atoms with E-state index < -0.39 is 18.3 Å². The normalized spacial score (nSPS) is 12.9. The highest BCUT2D eigenvalue weighted by Gasteiger charge is 2.39. The van der Waals surface area contributed by atoms with Gasteiger partial charge in [0.15, 0.2) is 5.58 Å². The lowest BCUT2D eigenvalue weighted by Gasteiger charge is -2.38. The van der Waals surface area contributed by atoms with Gasteiger partial charge in [0.25, 0.3) is 0 Å². The van der Waals surface area contributed by atoms with Gasteiger partial charge in [0.05, 0.1) is 16.9 Å². The van der Waals surface area contributed by atoms with Crippen LogP contribution in [0.5, 0.6) is 0 Å². The number of rotatable bonds is 4. The van der Waals surface area contributed by atoms with Crippen molar-refractivity contribution in [3.8, 4) is 0 Å². The van der Waals surface area contributed by atoms with Crippen LogP contribution in [0, 0.1) is 6.92 Å². The van der Waals surface area contributed by atoms with Crippen molar-refractivity contribution in [1.82, 2.24) is 5.16 Å². The Labute approximate surface area is 118 Å². The van der Waals surface area contributed by atoms with Crippen molar-refractivity contribution < 1.29 is 19.3 Å². The lowest BCUT2D eigenvalue weighted by atomic mass is 9.76. The van der Waals surface area contributed by atoms with Gasteiger partial charge in [-0.15, -0.1) is 0 Å². The summed E-state index contributed by atoms with van der Waals surface area (Å²) >= 11 is 0. The highest BCUT2D eigenvalue weighted by atomic mass is 16.5. The number of hydrogen-bond acceptors (Lipinski definition) is 5. The maximum absolute atomic E-state index is 10.2. The molecule has 1 heterocycles. The van der Waals surface area contributed by atoms with Gasteiger partial charge in [-0.3, -0.25) is 0 Å². The van der Waals surface area contributed by atoms with E-state index >= 15 is 0 Å². The van der Waals surface area contributed by atoms with Gasteiger partial charge in [-0.1, -0.05) is 11.2 Å². The Bertz CT molecular complexity index is 615. The molecule has 2 N–H and O–H groups in total. The van der Waals surface area contributed by atoms with Crippen molar-refractivity contribution in [3.05, 3.63) is 23.9 Å². The predicted octanol–water partition coefficient (Wildman–Crippen LogP) is 1.39. The molecule has 0 bridgehead atoms. The fourth-order valence-electron chi connectivity index (χ4n) is 1.72. The standard InChI is InChI=1S/C14H20BNO4/c1-9-11-8-10(6-7-12(11)19-16-9)15(18)20-14(4,5)13(2,3)17/h6-8,17-18H,1-5H3. The maximum Gasteiger partial charge on any atom is 0.491 e. The Kier molecular flexibility index (Phi) is 3.66. The summed E-state index contributed by atoms with van der Waals surface area (Å²) in [6.07, 6.45) is 0. The van der Waals surface area contributed by atoms with Crippen molar-refractivity contribution in [2.45, 2.75) is 45.8 Å². The molecule has 108 valence electrons. The molecule has 1 aromatic heterocycles. The van der Waals surface area contributed by atoms with E-state index in [-0.39, 0.29) is 0 Å². The van der Waals surface area contributed by atoms with Gasteiger partial charge in [-0.2, -0.15) is 0 Å². The van der Waals surface area contributed by atoms with E-state index in [1.165, 1.54) is 0 Å². The van der Waals surface area contributed by atoms with E-state index in [0.29, 0.717) is 11.0 Å². The lowest BCUT2D eigenvalue weighted by Crippen LogP contribution is -2.53. The molecule has 2 rings (SSSR count). The van der Waals surface area contributed by atoms with Crippen molar-refractivity contribution in [2.75, 3.05) is 0 Å². The molecule has 0 amide bonds. The van der Waals surface area contributed by atoms with E-state index in [4.69, 9.17) is 9.18 Å². The molecule has 1 aromatic carbocycles. The highest BCUT2D eigenvalue weighted by Crippen LogP contribution is 2.25. The zero-order chi connectivity index (χ0) is 15.1. The average Bonchev–Trinajstić information content (AvgIpc) is 2.68. The van der Waals surface area contributed by atoms with Crippen molar-refractivity contribution in [1.29, 1.82) is 0 Å². The summed E-state index contributed by atoms with van der Waals surface area (Å²) in [6, 6.07) is 5.25. The Morgan fingerprint density at radius 3 is 2.50 bits per heavy atom. The number of aromatic nitrogens is 1. The summed E-state index contributed by atoms with van der Waals surface area (Å²) < 4.78 is 10.7. The van der Waals surface area contributed by atoms with Crippen LogP contribution in [0.3, 0.4) is 0 Å². The number of aliphatic hydroxyl groups is 1. The molecule has 0 saturated carbocycles. The first-order chi connectivity index (χ1) is 9.12. The van der Waals surface area contributed by atoms with Crippen LogP contribution in [0.2, 0.25) is 0 Å².